The highest BCUT2D eigenvalue weighted by molar-refractivity contribution is 6.30. The third kappa shape index (κ3) is 4.48. The predicted molar refractivity (Wildman–Crippen MR) is 108 cm³/mol. The van der Waals surface area contributed by atoms with Crippen molar-refractivity contribution in [2.75, 3.05) is 37.7 Å². The highest BCUT2D eigenvalue weighted by Gasteiger charge is 2.25. The van der Waals surface area contributed by atoms with Crippen molar-refractivity contribution in [3.8, 4) is 17.2 Å². The van der Waals surface area contributed by atoms with Crippen LogP contribution in [0.1, 0.15) is 5.82 Å². The molecule has 1 amide bonds. The van der Waals surface area contributed by atoms with E-state index in [0.717, 1.165) is 11.4 Å². The first-order valence-electron chi connectivity index (χ1n) is 9.27. The molecular weight excluding hydrogens is 394 g/mol. The lowest BCUT2D eigenvalue weighted by atomic mass is 10.2. The largest absolute Gasteiger partial charge is 0.484 e. The summed E-state index contributed by atoms with van der Waals surface area (Å²) in [5.41, 5.74) is 0.791. The van der Waals surface area contributed by atoms with Crippen molar-refractivity contribution < 1.29 is 14.1 Å². The van der Waals surface area contributed by atoms with Crippen LogP contribution in [0.15, 0.2) is 47.1 Å². The summed E-state index contributed by atoms with van der Waals surface area (Å²) in [6.45, 7) is 4.26. The van der Waals surface area contributed by atoms with Gasteiger partial charge in [0, 0.05) is 37.4 Å². The number of nitrogens with zero attached hydrogens (tertiary/aromatic N) is 5. The minimum Gasteiger partial charge on any atom is -0.484 e. The van der Waals surface area contributed by atoms with Gasteiger partial charge in [0.15, 0.2) is 12.4 Å². The first-order chi connectivity index (χ1) is 14.1. The van der Waals surface area contributed by atoms with Crippen molar-refractivity contribution >= 4 is 23.3 Å². The van der Waals surface area contributed by atoms with Crippen molar-refractivity contribution in [3.63, 3.8) is 0 Å². The third-order valence-electron chi connectivity index (χ3n) is 4.65. The van der Waals surface area contributed by atoms with Gasteiger partial charge in [0.25, 0.3) is 11.8 Å². The molecule has 1 aliphatic rings. The quantitative estimate of drug-likeness (QED) is 0.635. The van der Waals surface area contributed by atoms with Gasteiger partial charge in [0.2, 0.25) is 0 Å². The standard InChI is InChI=1S/C20H20ClN5O3/c1-14-23-20(29-24-14)17-3-2-8-22-19(17)26-11-9-25(10-12-26)18(27)13-28-16-6-4-15(21)5-7-16/h2-8H,9-13H2,1H3. The molecule has 0 bridgehead atoms. The summed E-state index contributed by atoms with van der Waals surface area (Å²) >= 11 is 5.86. The van der Waals surface area contributed by atoms with Gasteiger partial charge in [-0.3, -0.25) is 4.79 Å². The maximum Gasteiger partial charge on any atom is 0.261 e. The summed E-state index contributed by atoms with van der Waals surface area (Å²) in [4.78, 5) is 25.2. The summed E-state index contributed by atoms with van der Waals surface area (Å²) in [6, 6.07) is 10.7. The van der Waals surface area contributed by atoms with E-state index in [2.05, 4.69) is 20.0 Å². The van der Waals surface area contributed by atoms with Gasteiger partial charge in [-0.25, -0.2) is 4.98 Å². The van der Waals surface area contributed by atoms with Gasteiger partial charge in [0.05, 0.1) is 5.56 Å². The number of anilines is 1. The smallest absolute Gasteiger partial charge is 0.261 e. The molecule has 0 radical (unpaired) electrons. The fourth-order valence-electron chi connectivity index (χ4n) is 3.16. The molecule has 2 aromatic heterocycles. The molecule has 0 unspecified atom stereocenters. The fraction of sp³-hybridized carbons (Fsp3) is 0.300. The second kappa shape index (κ2) is 8.48. The zero-order valence-electron chi connectivity index (χ0n) is 15.9. The van der Waals surface area contributed by atoms with Crippen LogP contribution < -0.4 is 9.64 Å². The Hall–Kier alpha value is -3.13. The Morgan fingerprint density at radius 1 is 1.17 bits per heavy atom. The van der Waals surface area contributed by atoms with Gasteiger partial charge in [-0.05, 0) is 43.3 Å². The van der Waals surface area contributed by atoms with Crippen LogP contribution in [0.2, 0.25) is 5.02 Å². The summed E-state index contributed by atoms with van der Waals surface area (Å²) < 4.78 is 10.9. The Morgan fingerprint density at radius 3 is 2.62 bits per heavy atom. The zero-order valence-corrected chi connectivity index (χ0v) is 16.7. The van der Waals surface area contributed by atoms with Crippen molar-refractivity contribution in [2.45, 2.75) is 6.92 Å². The molecule has 1 saturated heterocycles. The maximum absolute atomic E-state index is 12.5. The molecule has 0 atom stereocenters. The molecule has 0 spiro atoms. The van der Waals surface area contributed by atoms with E-state index in [1.165, 1.54) is 0 Å². The molecule has 0 aliphatic carbocycles. The van der Waals surface area contributed by atoms with Gasteiger partial charge in [-0.15, -0.1) is 0 Å². The number of hydrogen-bond donors (Lipinski definition) is 0. The Morgan fingerprint density at radius 2 is 1.93 bits per heavy atom. The van der Waals surface area contributed by atoms with Crippen LogP contribution in [-0.2, 0) is 4.79 Å². The molecule has 29 heavy (non-hydrogen) atoms. The van der Waals surface area contributed by atoms with E-state index >= 15 is 0 Å². The van der Waals surface area contributed by atoms with Gasteiger partial charge in [-0.1, -0.05) is 16.8 Å². The molecule has 1 aromatic carbocycles. The molecule has 150 valence electrons. The van der Waals surface area contributed by atoms with Crippen LogP contribution in [0, 0.1) is 6.92 Å². The summed E-state index contributed by atoms with van der Waals surface area (Å²) in [6.07, 6.45) is 1.74. The molecule has 0 saturated carbocycles. The van der Waals surface area contributed by atoms with Crippen LogP contribution in [0.5, 0.6) is 5.75 Å². The number of carbonyl (C=O) groups excluding carboxylic acids is 1. The van der Waals surface area contributed by atoms with Gasteiger partial charge >= 0.3 is 0 Å². The van der Waals surface area contributed by atoms with E-state index in [1.54, 1.807) is 42.3 Å². The topological polar surface area (TPSA) is 84.6 Å². The van der Waals surface area contributed by atoms with E-state index in [1.807, 2.05) is 12.1 Å². The van der Waals surface area contributed by atoms with E-state index < -0.39 is 0 Å². The van der Waals surface area contributed by atoms with Crippen molar-refractivity contribution in [2.24, 2.45) is 0 Å². The minimum atomic E-state index is -0.0478. The average Bonchev–Trinajstić information content (AvgIpc) is 3.19. The molecule has 3 aromatic rings. The summed E-state index contributed by atoms with van der Waals surface area (Å²) in [5.74, 6) is 2.37. The van der Waals surface area contributed by atoms with Gasteiger partial charge in [0.1, 0.15) is 11.6 Å². The zero-order chi connectivity index (χ0) is 20.2. The molecule has 1 aliphatic heterocycles. The molecule has 0 N–H and O–H groups in total. The van der Waals surface area contributed by atoms with Crippen LogP contribution in [0.25, 0.3) is 11.5 Å². The van der Waals surface area contributed by atoms with E-state index in [-0.39, 0.29) is 12.5 Å². The van der Waals surface area contributed by atoms with Gasteiger partial charge < -0.3 is 19.1 Å². The number of rotatable bonds is 5. The third-order valence-corrected chi connectivity index (χ3v) is 4.90. The minimum absolute atomic E-state index is 0.00225. The fourth-order valence-corrected chi connectivity index (χ4v) is 3.28. The highest BCUT2D eigenvalue weighted by Crippen LogP contribution is 2.28. The molecule has 3 heterocycles. The number of pyridine rings is 1. The van der Waals surface area contributed by atoms with Crippen LogP contribution in [-0.4, -0.2) is 58.7 Å². The predicted octanol–water partition coefficient (Wildman–Crippen LogP) is 2.82. The van der Waals surface area contributed by atoms with Crippen LogP contribution in [0.3, 0.4) is 0 Å². The molecular formula is C20H20ClN5O3. The summed E-state index contributed by atoms with van der Waals surface area (Å²) in [5, 5.41) is 4.49. The lowest BCUT2D eigenvalue weighted by Crippen LogP contribution is -2.50. The lowest BCUT2D eigenvalue weighted by Gasteiger charge is -2.35. The molecule has 1 fully saturated rings. The van der Waals surface area contributed by atoms with E-state index in [0.29, 0.717) is 48.7 Å². The second-order valence-electron chi connectivity index (χ2n) is 6.63. The number of amides is 1. The average molecular weight is 414 g/mol. The number of benzene rings is 1. The summed E-state index contributed by atoms with van der Waals surface area (Å²) in [7, 11) is 0. The van der Waals surface area contributed by atoms with E-state index in [4.69, 9.17) is 20.9 Å². The van der Waals surface area contributed by atoms with Crippen molar-refractivity contribution in [1.82, 2.24) is 20.0 Å². The Kier molecular flexibility index (Phi) is 5.62. The van der Waals surface area contributed by atoms with Crippen LogP contribution >= 0.6 is 11.6 Å². The SMILES string of the molecule is Cc1noc(-c2cccnc2N2CCN(C(=O)COc3ccc(Cl)cc3)CC2)n1. The Bertz CT molecular complexity index is 984. The second-order valence-corrected chi connectivity index (χ2v) is 7.07. The molecule has 8 nitrogen and oxygen atoms in total. The maximum atomic E-state index is 12.5. The number of aromatic nitrogens is 3. The number of carbonyl (C=O) groups is 1. The normalized spacial score (nSPS) is 14.1. The Balaban J connectivity index is 1.36. The first-order valence-corrected chi connectivity index (χ1v) is 9.65. The highest BCUT2D eigenvalue weighted by atomic mass is 35.5. The van der Waals surface area contributed by atoms with Gasteiger partial charge in [-0.2, -0.15) is 4.98 Å². The molecule has 9 heteroatoms. The number of halogens is 1. The lowest BCUT2D eigenvalue weighted by molar-refractivity contribution is -0.133. The number of ether oxygens (including phenoxy) is 1. The van der Waals surface area contributed by atoms with E-state index in [9.17, 15) is 4.79 Å². The first kappa shape index (κ1) is 19.2. The molecule has 4 rings (SSSR count). The monoisotopic (exact) mass is 413 g/mol. The van der Waals surface area contributed by atoms with Crippen molar-refractivity contribution in [1.29, 1.82) is 0 Å². The number of piperazine rings is 1. The van der Waals surface area contributed by atoms with Crippen LogP contribution in [0.4, 0.5) is 5.82 Å². The Labute approximate surface area is 173 Å². The number of aryl methyl sites for hydroxylation is 1. The van der Waals surface area contributed by atoms with Crippen molar-refractivity contribution in [3.05, 3.63) is 53.4 Å². The number of hydrogen-bond acceptors (Lipinski definition) is 7.